The first-order valence-electron chi connectivity index (χ1n) is 7.97. The molecule has 0 aliphatic heterocycles. The minimum absolute atomic E-state index is 0.311. The fourth-order valence-electron chi connectivity index (χ4n) is 2.25. The number of hydrogen-bond acceptors (Lipinski definition) is 7. The Labute approximate surface area is 151 Å². The Bertz CT molecular complexity index is 867. The Morgan fingerprint density at radius 1 is 1.08 bits per heavy atom. The maximum Gasteiger partial charge on any atom is 0.144 e. The van der Waals surface area contributed by atoms with Gasteiger partial charge in [-0.05, 0) is 29.8 Å². The monoisotopic (exact) mass is 349 g/mol. The van der Waals surface area contributed by atoms with E-state index in [4.69, 9.17) is 15.3 Å². The molecule has 0 spiro atoms. The quantitative estimate of drug-likeness (QED) is 0.502. The molecule has 0 fully saturated rings. The van der Waals surface area contributed by atoms with E-state index in [0.717, 1.165) is 17.0 Å². The molecule has 0 saturated carbocycles. The summed E-state index contributed by atoms with van der Waals surface area (Å²) in [5.74, 6) is 1.63. The van der Waals surface area contributed by atoms with E-state index in [2.05, 4.69) is 20.4 Å². The van der Waals surface area contributed by atoms with Crippen molar-refractivity contribution in [2.24, 2.45) is 5.16 Å². The second-order valence-corrected chi connectivity index (χ2v) is 5.36. The number of nitrogens with two attached hydrogens (primary N) is 1. The van der Waals surface area contributed by atoms with Crippen LogP contribution in [0, 0.1) is 0 Å². The average Bonchev–Trinajstić information content (AvgIpc) is 2.68. The largest absolute Gasteiger partial charge is 0.489 e. The van der Waals surface area contributed by atoms with Crippen LogP contribution in [-0.2, 0) is 11.4 Å². The van der Waals surface area contributed by atoms with Crippen molar-refractivity contribution in [3.05, 3.63) is 72.1 Å². The summed E-state index contributed by atoms with van der Waals surface area (Å²) in [4.78, 5) is 12.9. The molecule has 26 heavy (non-hydrogen) atoms. The molecule has 2 aromatic carbocycles. The van der Waals surface area contributed by atoms with Crippen molar-refractivity contribution < 1.29 is 9.57 Å². The molecule has 3 rings (SSSR count). The van der Waals surface area contributed by atoms with Crippen LogP contribution in [-0.4, -0.2) is 23.3 Å². The Hall–Kier alpha value is -3.61. The molecule has 3 aromatic rings. The first-order chi connectivity index (χ1) is 12.8. The van der Waals surface area contributed by atoms with E-state index >= 15 is 0 Å². The van der Waals surface area contributed by atoms with Crippen LogP contribution in [0.15, 0.2) is 66.1 Å². The Morgan fingerprint density at radius 2 is 1.85 bits per heavy atom. The lowest BCUT2D eigenvalue weighted by molar-refractivity contribution is 0.215. The normalized spacial score (nSPS) is 10.7. The first-order valence-corrected chi connectivity index (χ1v) is 7.97. The summed E-state index contributed by atoms with van der Waals surface area (Å²) in [6.45, 7) is 0.522. The van der Waals surface area contributed by atoms with Gasteiger partial charge >= 0.3 is 0 Å². The lowest BCUT2D eigenvalue weighted by atomic mass is 10.2. The van der Waals surface area contributed by atoms with Crippen molar-refractivity contribution in [3.8, 4) is 5.75 Å². The maximum atomic E-state index is 5.88. The van der Waals surface area contributed by atoms with Gasteiger partial charge in [-0.3, -0.25) is 0 Å². The molecule has 1 heterocycles. The van der Waals surface area contributed by atoms with E-state index in [1.807, 2.05) is 54.6 Å². The Balaban J connectivity index is 1.68. The van der Waals surface area contributed by atoms with Crippen molar-refractivity contribution in [2.75, 3.05) is 18.2 Å². The zero-order valence-corrected chi connectivity index (χ0v) is 14.3. The number of hydrogen-bond donors (Lipinski definition) is 2. The van der Waals surface area contributed by atoms with Gasteiger partial charge < -0.3 is 20.6 Å². The van der Waals surface area contributed by atoms with Crippen LogP contribution in [0.2, 0.25) is 0 Å². The fourth-order valence-corrected chi connectivity index (χ4v) is 2.25. The minimum Gasteiger partial charge on any atom is -0.489 e. The molecule has 7 heteroatoms. The molecule has 0 aliphatic rings. The van der Waals surface area contributed by atoms with Gasteiger partial charge in [0.15, 0.2) is 0 Å². The molecule has 0 amide bonds. The molecule has 0 radical (unpaired) electrons. The van der Waals surface area contributed by atoms with E-state index in [1.165, 1.54) is 19.7 Å². The Morgan fingerprint density at radius 3 is 2.58 bits per heavy atom. The highest BCUT2D eigenvalue weighted by molar-refractivity contribution is 5.92. The van der Waals surface area contributed by atoms with Gasteiger partial charge in [0.25, 0.3) is 0 Å². The second kappa shape index (κ2) is 8.48. The highest BCUT2D eigenvalue weighted by atomic mass is 16.6. The van der Waals surface area contributed by atoms with Gasteiger partial charge in [0.2, 0.25) is 0 Å². The van der Waals surface area contributed by atoms with Crippen LogP contribution in [0.4, 0.5) is 17.3 Å². The van der Waals surface area contributed by atoms with E-state index in [-0.39, 0.29) is 0 Å². The van der Waals surface area contributed by atoms with Crippen molar-refractivity contribution >= 4 is 23.5 Å². The van der Waals surface area contributed by atoms with Crippen LogP contribution in [0.25, 0.3) is 0 Å². The van der Waals surface area contributed by atoms with Gasteiger partial charge in [-0.1, -0.05) is 35.5 Å². The molecule has 0 aliphatic carbocycles. The standard InChI is InChI=1S/C19H19N5O2/c1-25-23-11-17-18(20)21-13-22-19(17)24-15-7-9-16(10-8-15)26-12-14-5-3-2-4-6-14/h2-11,13H,12H2,1H3,(H3,20,21,22,24)/b23-11+. The zero-order valence-electron chi connectivity index (χ0n) is 14.3. The summed E-state index contributed by atoms with van der Waals surface area (Å²) in [5.41, 5.74) is 8.39. The molecule has 0 saturated heterocycles. The molecule has 1 aromatic heterocycles. The maximum absolute atomic E-state index is 5.88. The third-order valence-corrected chi connectivity index (χ3v) is 3.57. The van der Waals surface area contributed by atoms with E-state index in [9.17, 15) is 0 Å². The summed E-state index contributed by atoms with van der Waals surface area (Å²) in [6, 6.07) is 17.6. The fraction of sp³-hybridized carbons (Fsp3) is 0.105. The molecule has 132 valence electrons. The summed E-state index contributed by atoms with van der Waals surface area (Å²) in [7, 11) is 1.46. The van der Waals surface area contributed by atoms with Crippen molar-refractivity contribution in [2.45, 2.75) is 6.61 Å². The average molecular weight is 349 g/mol. The molecule has 0 bridgehead atoms. The number of nitrogens with zero attached hydrogens (tertiary/aromatic N) is 3. The van der Waals surface area contributed by atoms with Crippen LogP contribution >= 0.6 is 0 Å². The summed E-state index contributed by atoms with van der Waals surface area (Å²) < 4.78 is 5.78. The minimum atomic E-state index is 0.311. The topological polar surface area (TPSA) is 94.7 Å². The number of oxime groups is 1. The van der Waals surface area contributed by atoms with Crippen LogP contribution < -0.4 is 15.8 Å². The van der Waals surface area contributed by atoms with Gasteiger partial charge in [0, 0.05) is 5.69 Å². The third kappa shape index (κ3) is 4.47. The highest BCUT2D eigenvalue weighted by Crippen LogP contribution is 2.23. The van der Waals surface area contributed by atoms with Gasteiger partial charge in [-0.15, -0.1) is 0 Å². The molecule has 3 N–H and O–H groups in total. The molecule has 7 nitrogen and oxygen atoms in total. The summed E-state index contributed by atoms with van der Waals surface area (Å²) >= 11 is 0. The first kappa shape index (κ1) is 17.2. The number of anilines is 3. The second-order valence-electron chi connectivity index (χ2n) is 5.36. The van der Waals surface area contributed by atoms with E-state index < -0.39 is 0 Å². The predicted octanol–water partition coefficient (Wildman–Crippen LogP) is 3.36. The number of rotatable bonds is 7. The molecular weight excluding hydrogens is 330 g/mol. The lowest BCUT2D eigenvalue weighted by Gasteiger charge is -2.11. The number of aromatic nitrogens is 2. The molecule has 0 atom stereocenters. The van der Waals surface area contributed by atoms with Crippen molar-refractivity contribution in [1.29, 1.82) is 0 Å². The van der Waals surface area contributed by atoms with E-state index in [1.54, 1.807) is 0 Å². The summed E-state index contributed by atoms with van der Waals surface area (Å²) in [5, 5.41) is 6.92. The predicted molar refractivity (Wildman–Crippen MR) is 102 cm³/mol. The number of benzene rings is 2. The molecular formula is C19H19N5O2. The number of nitrogen functional groups attached to an aromatic ring is 1. The summed E-state index contributed by atoms with van der Waals surface area (Å²) in [6.07, 6.45) is 2.86. The van der Waals surface area contributed by atoms with E-state index in [0.29, 0.717) is 23.8 Å². The zero-order chi connectivity index (χ0) is 18.2. The van der Waals surface area contributed by atoms with Crippen molar-refractivity contribution in [3.63, 3.8) is 0 Å². The smallest absolute Gasteiger partial charge is 0.144 e. The van der Waals surface area contributed by atoms with Crippen LogP contribution in [0.3, 0.4) is 0 Å². The third-order valence-electron chi connectivity index (χ3n) is 3.57. The Kier molecular flexibility index (Phi) is 5.61. The van der Waals surface area contributed by atoms with Crippen LogP contribution in [0.1, 0.15) is 11.1 Å². The van der Waals surface area contributed by atoms with Gasteiger partial charge in [-0.25, -0.2) is 9.97 Å². The number of nitrogens with one attached hydrogen (secondary N) is 1. The SMILES string of the molecule is CO/N=C/c1c(N)ncnc1Nc1ccc(OCc2ccccc2)cc1. The van der Waals surface area contributed by atoms with Gasteiger partial charge in [-0.2, -0.15) is 0 Å². The lowest BCUT2D eigenvalue weighted by Crippen LogP contribution is -2.05. The number of ether oxygens (including phenoxy) is 1. The molecule has 0 unspecified atom stereocenters. The van der Waals surface area contributed by atoms with Gasteiger partial charge in [0.1, 0.15) is 37.4 Å². The van der Waals surface area contributed by atoms with Crippen LogP contribution in [0.5, 0.6) is 5.75 Å². The highest BCUT2D eigenvalue weighted by Gasteiger charge is 2.08. The van der Waals surface area contributed by atoms with Gasteiger partial charge in [0.05, 0.1) is 11.8 Å². The van der Waals surface area contributed by atoms with Crippen molar-refractivity contribution in [1.82, 2.24) is 9.97 Å².